The number of carbonyl (C=O) groups excluding carboxylic acids is 1. The summed E-state index contributed by atoms with van der Waals surface area (Å²) in [7, 11) is 0. The normalized spacial score (nSPS) is 13.2. The monoisotopic (exact) mass is 462 g/mol. The minimum absolute atomic E-state index is 0.0808. The maximum Gasteiger partial charge on any atom is 0.372 e. The van der Waals surface area contributed by atoms with Crippen LogP contribution in [-0.2, 0) is 20.8 Å². The molecule has 0 aliphatic carbocycles. The lowest BCUT2D eigenvalue weighted by atomic mass is 9.77. The molecule has 0 aliphatic rings. The highest BCUT2D eigenvalue weighted by atomic mass is 35.5. The minimum Gasteiger partial charge on any atom is -0.481 e. The number of ketones is 1. The number of rotatable bonds is 10. The van der Waals surface area contributed by atoms with Crippen molar-refractivity contribution in [2.24, 2.45) is 11.3 Å². The molecular weight excluding hydrogens is 439 g/mol. The molecule has 0 spiro atoms. The number of carbonyl (C=O) groups is 3. The topological polar surface area (TPSA) is 112 Å². The Morgan fingerprint density at radius 2 is 1.69 bits per heavy atom. The molecule has 6 nitrogen and oxygen atoms in total. The molecule has 0 saturated heterocycles. The van der Waals surface area contributed by atoms with E-state index in [1.807, 2.05) is 0 Å². The van der Waals surface area contributed by atoms with Crippen LogP contribution in [-0.4, -0.2) is 39.6 Å². The number of aliphatic hydroxyl groups is 1. The summed E-state index contributed by atoms with van der Waals surface area (Å²) in [5.41, 5.74) is 0.121. The molecule has 0 fully saturated rings. The first-order valence-corrected chi connectivity index (χ1v) is 9.91. The van der Waals surface area contributed by atoms with Crippen LogP contribution in [0.15, 0.2) is 42.5 Å². The van der Waals surface area contributed by atoms with E-state index in [0.717, 1.165) is 5.56 Å². The zero-order valence-corrected chi connectivity index (χ0v) is 18.2. The number of Topliss-reactive ketones (excluding diaryl/α,β-unsaturated/α-hetero) is 1. The Balaban J connectivity index is 0.00000249. The third-order valence-corrected chi connectivity index (χ3v) is 5.27. The summed E-state index contributed by atoms with van der Waals surface area (Å²) in [6.45, 7) is 0.700. The molecule has 2 aromatic carbocycles. The predicted molar refractivity (Wildman–Crippen MR) is 119 cm³/mol. The molecule has 0 unspecified atom stereocenters. The highest BCUT2D eigenvalue weighted by Crippen LogP contribution is 2.31. The lowest BCUT2D eigenvalue weighted by Gasteiger charge is -2.27. The average Bonchev–Trinajstić information content (AvgIpc) is 2.77. The van der Waals surface area contributed by atoms with Crippen molar-refractivity contribution in [2.75, 3.05) is 6.61 Å². The molecule has 2 rings (SSSR count). The third kappa shape index (κ3) is 7.19. The number of carboxylic acid groups (broad SMARTS) is 2. The maximum atomic E-state index is 14.1. The lowest BCUT2D eigenvalue weighted by Crippen LogP contribution is -2.35. The van der Waals surface area contributed by atoms with Crippen molar-refractivity contribution in [3.8, 4) is 24.0 Å². The second-order valence-corrected chi connectivity index (χ2v) is 7.99. The van der Waals surface area contributed by atoms with Crippen LogP contribution in [0.3, 0.4) is 0 Å². The molecule has 0 aliphatic heterocycles. The summed E-state index contributed by atoms with van der Waals surface area (Å²) in [5, 5.41) is 28.2. The standard InChI is InChI=1S/C22H22ClFO6.C2H2/c1-22(12-25,21(29)30)11-14(9-19(26)20(27)28)8-13-2-4-15(5-3-13)17-10-16(23)6-7-18(17)24;1-2/h2-7,10,14,25H,8-9,11-12H2,1H3,(H,27,28)(H,29,30);1-2H/t14-,22-;/m0./s1. The molecule has 0 heterocycles. The fraction of sp³-hybridized carbons (Fsp3) is 0.292. The third-order valence-electron chi connectivity index (χ3n) is 5.03. The van der Waals surface area contributed by atoms with Gasteiger partial charge in [0, 0.05) is 17.0 Å². The second kappa shape index (κ2) is 12.0. The van der Waals surface area contributed by atoms with E-state index in [1.54, 1.807) is 24.3 Å². The maximum absolute atomic E-state index is 14.1. The lowest BCUT2D eigenvalue weighted by molar-refractivity contribution is -0.152. The Kier molecular flexibility index (Phi) is 10.0. The van der Waals surface area contributed by atoms with Crippen LogP contribution in [0.25, 0.3) is 11.1 Å². The van der Waals surface area contributed by atoms with Gasteiger partial charge in [0.15, 0.2) is 0 Å². The quantitative estimate of drug-likeness (QED) is 0.362. The van der Waals surface area contributed by atoms with Gasteiger partial charge in [0.05, 0.1) is 12.0 Å². The van der Waals surface area contributed by atoms with Crippen LogP contribution < -0.4 is 0 Å². The zero-order valence-electron chi connectivity index (χ0n) is 17.4. The van der Waals surface area contributed by atoms with Gasteiger partial charge in [0.25, 0.3) is 0 Å². The summed E-state index contributed by atoms with van der Waals surface area (Å²) in [4.78, 5) is 34.2. The Labute approximate surface area is 190 Å². The average molecular weight is 463 g/mol. The first kappa shape index (κ1) is 26.8. The molecule has 2 aromatic rings. The van der Waals surface area contributed by atoms with E-state index in [-0.39, 0.29) is 19.3 Å². The molecule has 0 bridgehead atoms. The van der Waals surface area contributed by atoms with Gasteiger partial charge in [-0.1, -0.05) is 35.9 Å². The number of benzene rings is 2. The Bertz CT molecular complexity index is 986. The number of halogens is 2. The second-order valence-electron chi connectivity index (χ2n) is 7.55. The molecule has 3 N–H and O–H groups in total. The van der Waals surface area contributed by atoms with Gasteiger partial charge in [-0.3, -0.25) is 9.59 Å². The zero-order chi connectivity index (χ0) is 24.5. The molecule has 0 amide bonds. The highest BCUT2D eigenvalue weighted by molar-refractivity contribution is 6.32. The van der Waals surface area contributed by atoms with Crippen molar-refractivity contribution in [2.45, 2.75) is 26.2 Å². The molecule has 8 heteroatoms. The molecule has 2 atom stereocenters. The molecule has 0 saturated carbocycles. The van der Waals surface area contributed by atoms with E-state index in [4.69, 9.17) is 16.7 Å². The summed E-state index contributed by atoms with van der Waals surface area (Å²) in [5.74, 6) is -4.89. The van der Waals surface area contributed by atoms with Crippen molar-refractivity contribution in [1.29, 1.82) is 0 Å². The summed E-state index contributed by atoms with van der Waals surface area (Å²) in [6, 6.07) is 10.9. The van der Waals surface area contributed by atoms with Gasteiger partial charge in [-0.25, -0.2) is 9.18 Å². The Morgan fingerprint density at radius 3 is 2.19 bits per heavy atom. The van der Waals surface area contributed by atoms with Crippen LogP contribution in [0, 0.1) is 30.0 Å². The van der Waals surface area contributed by atoms with E-state index in [2.05, 4.69) is 12.8 Å². The SMILES string of the molecule is C#C.C[C@@](CO)(C[C@H](CC(=O)C(=O)O)Cc1ccc(-c2cc(Cl)ccc2F)cc1)C(=O)O. The van der Waals surface area contributed by atoms with Crippen molar-refractivity contribution >= 4 is 29.3 Å². The number of terminal acetylenes is 1. The molecular formula is C24H24ClFO6. The molecule has 0 aromatic heterocycles. The van der Waals surface area contributed by atoms with Gasteiger partial charge in [-0.05, 0) is 55.0 Å². The smallest absolute Gasteiger partial charge is 0.372 e. The van der Waals surface area contributed by atoms with Crippen LogP contribution in [0.4, 0.5) is 4.39 Å². The number of aliphatic hydroxyl groups excluding tert-OH is 1. The summed E-state index contributed by atoms with van der Waals surface area (Å²) < 4.78 is 14.1. The highest BCUT2D eigenvalue weighted by Gasteiger charge is 2.36. The van der Waals surface area contributed by atoms with Gasteiger partial charge < -0.3 is 15.3 Å². The molecule has 0 radical (unpaired) electrons. The summed E-state index contributed by atoms with van der Waals surface area (Å²) in [6.07, 6.45) is 7.78. The number of aliphatic carboxylic acids is 2. The van der Waals surface area contributed by atoms with Crippen LogP contribution in [0.5, 0.6) is 0 Å². The fourth-order valence-electron chi connectivity index (χ4n) is 3.30. The van der Waals surface area contributed by atoms with Gasteiger partial charge >= 0.3 is 11.9 Å². The number of hydrogen-bond acceptors (Lipinski definition) is 4. The van der Waals surface area contributed by atoms with Gasteiger partial charge in [-0.2, -0.15) is 0 Å². The van der Waals surface area contributed by atoms with Crippen molar-refractivity contribution in [3.63, 3.8) is 0 Å². The van der Waals surface area contributed by atoms with Crippen molar-refractivity contribution in [3.05, 3.63) is 58.9 Å². The Hall–Kier alpha value is -3.21. The first-order valence-electron chi connectivity index (χ1n) is 9.54. The van der Waals surface area contributed by atoms with Crippen LogP contribution in [0.1, 0.15) is 25.3 Å². The van der Waals surface area contributed by atoms with Crippen molar-refractivity contribution in [1.82, 2.24) is 0 Å². The van der Waals surface area contributed by atoms with E-state index in [9.17, 15) is 29.0 Å². The van der Waals surface area contributed by atoms with Gasteiger partial charge in [0.1, 0.15) is 5.82 Å². The van der Waals surface area contributed by atoms with Crippen molar-refractivity contribution < 1.29 is 34.1 Å². The van der Waals surface area contributed by atoms with E-state index < -0.39 is 41.5 Å². The molecule has 32 heavy (non-hydrogen) atoms. The molecule has 170 valence electrons. The Morgan fingerprint density at radius 1 is 1.09 bits per heavy atom. The van der Waals surface area contributed by atoms with E-state index in [1.165, 1.54) is 25.1 Å². The number of hydrogen-bond donors (Lipinski definition) is 3. The summed E-state index contributed by atoms with van der Waals surface area (Å²) >= 11 is 5.93. The van der Waals surface area contributed by atoms with E-state index in [0.29, 0.717) is 16.1 Å². The largest absolute Gasteiger partial charge is 0.481 e. The van der Waals surface area contributed by atoms with Crippen LogP contribution >= 0.6 is 11.6 Å². The van der Waals surface area contributed by atoms with Crippen LogP contribution in [0.2, 0.25) is 5.02 Å². The first-order chi connectivity index (χ1) is 15.1. The fourth-order valence-corrected chi connectivity index (χ4v) is 3.47. The van der Waals surface area contributed by atoms with Gasteiger partial charge in [0.2, 0.25) is 5.78 Å². The van der Waals surface area contributed by atoms with Gasteiger partial charge in [-0.15, -0.1) is 12.8 Å². The predicted octanol–water partition coefficient (Wildman–Crippen LogP) is 4.07. The minimum atomic E-state index is -1.59. The van der Waals surface area contributed by atoms with E-state index >= 15 is 0 Å². The number of carboxylic acids is 2.